The first-order chi connectivity index (χ1) is 19.8. The van der Waals surface area contributed by atoms with E-state index in [1.54, 1.807) is 0 Å². The van der Waals surface area contributed by atoms with Crippen molar-refractivity contribution in [2.45, 2.75) is 62.8 Å². The molecule has 228 valence electrons. The van der Waals surface area contributed by atoms with Gasteiger partial charge >= 0.3 is 12.2 Å². The first kappa shape index (κ1) is 29.6. The number of alkyl halides is 5. The van der Waals surface area contributed by atoms with Gasteiger partial charge in [-0.1, -0.05) is 5.16 Å². The number of nitrogens with one attached hydrogen (secondary N) is 2. The Morgan fingerprint density at radius 2 is 1.98 bits per heavy atom. The smallest absolute Gasteiger partial charge is 0.410 e. The molecular formula is C25H26F6N6O5. The predicted molar refractivity (Wildman–Crippen MR) is 130 cm³/mol. The van der Waals surface area contributed by atoms with Crippen LogP contribution in [0.2, 0.25) is 0 Å². The summed E-state index contributed by atoms with van der Waals surface area (Å²) in [6.07, 6.45) is -5.57. The van der Waals surface area contributed by atoms with E-state index < -0.39 is 73.3 Å². The quantitative estimate of drug-likeness (QED) is 0.357. The summed E-state index contributed by atoms with van der Waals surface area (Å²) >= 11 is 0. The van der Waals surface area contributed by atoms with E-state index in [0.29, 0.717) is 0 Å². The molecule has 3 atom stereocenters. The first-order valence-electron chi connectivity index (χ1n) is 13.0. The van der Waals surface area contributed by atoms with Crippen LogP contribution in [0.15, 0.2) is 21.2 Å². The third-order valence-corrected chi connectivity index (χ3v) is 7.56. The van der Waals surface area contributed by atoms with Gasteiger partial charge in [0.1, 0.15) is 23.3 Å². The molecule has 5 rings (SSSR count). The Bertz CT molecular complexity index is 1470. The van der Waals surface area contributed by atoms with E-state index in [2.05, 4.69) is 25.2 Å². The van der Waals surface area contributed by atoms with Crippen LogP contribution in [-0.4, -0.2) is 70.5 Å². The van der Waals surface area contributed by atoms with Crippen LogP contribution in [0.3, 0.4) is 0 Å². The van der Waals surface area contributed by atoms with Gasteiger partial charge in [0.05, 0.1) is 19.2 Å². The van der Waals surface area contributed by atoms with Gasteiger partial charge in [-0.05, 0) is 48.5 Å². The third-order valence-electron chi connectivity index (χ3n) is 7.56. The van der Waals surface area contributed by atoms with Gasteiger partial charge in [0.25, 0.3) is 5.91 Å². The van der Waals surface area contributed by atoms with Gasteiger partial charge in [-0.3, -0.25) is 4.79 Å². The topological polar surface area (TPSA) is 136 Å². The molecule has 3 aromatic rings. The highest BCUT2D eigenvalue weighted by Gasteiger charge is 2.49. The minimum Gasteiger partial charge on any atom is -0.435 e. The van der Waals surface area contributed by atoms with Crippen LogP contribution < -0.4 is 10.6 Å². The lowest BCUT2D eigenvalue weighted by molar-refractivity contribution is -0.150. The van der Waals surface area contributed by atoms with Crippen molar-refractivity contribution in [3.63, 3.8) is 0 Å². The van der Waals surface area contributed by atoms with Crippen LogP contribution in [0, 0.1) is 18.7 Å². The highest BCUT2D eigenvalue weighted by molar-refractivity contribution is 5.93. The minimum atomic E-state index is -4.69. The Morgan fingerprint density at radius 1 is 1.26 bits per heavy atom. The summed E-state index contributed by atoms with van der Waals surface area (Å²) in [6.45, 7) is 0.496. The molecule has 1 saturated heterocycles. The Hall–Kier alpha value is -3.89. The zero-order valence-electron chi connectivity index (χ0n) is 22.3. The van der Waals surface area contributed by atoms with Crippen molar-refractivity contribution < 1.29 is 49.7 Å². The molecule has 3 unspecified atom stereocenters. The fraction of sp³-hybridized carbons (Fsp3) is 0.560. The number of rotatable bonds is 8. The molecule has 0 spiro atoms. The van der Waals surface area contributed by atoms with Crippen molar-refractivity contribution in [1.29, 1.82) is 0 Å². The molecule has 1 aliphatic carbocycles. The van der Waals surface area contributed by atoms with Crippen molar-refractivity contribution in [2.75, 3.05) is 20.3 Å². The molecule has 0 bridgehead atoms. The fourth-order valence-electron chi connectivity index (χ4n) is 5.31. The molecule has 2 fully saturated rings. The predicted octanol–water partition coefficient (Wildman–Crippen LogP) is 4.60. The van der Waals surface area contributed by atoms with Crippen LogP contribution in [0.5, 0.6) is 0 Å². The first-order valence-corrected chi connectivity index (χ1v) is 13.0. The molecule has 3 amide bonds. The number of oxazole rings is 1. The van der Waals surface area contributed by atoms with Crippen LogP contribution in [-0.2, 0) is 4.74 Å². The lowest BCUT2D eigenvalue weighted by Gasteiger charge is -2.32. The molecular weight excluding hydrogens is 578 g/mol. The van der Waals surface area contributed by atoms with Gasteiger partial charge in [0.2, 0.25) is 11.8 Å². The van der Waals surface area contributed by atoms with Crippen molar-refractivity contribution in [1.82, 2.24) is 30.8 Å². The molecule has 2 aliphatic rings. The van der Waals surface area contributed by atoms with E-state index >= 15 is 4.39 Å². The summed E-state index contributed by atoms with van der Waals surface area (Å²) in [5, 5.41) is 11.6. The zero-order valence-corrected chi connectivity index (χ0v) is 22.3. The molecule has 2 N–H and O–H groups in total. The van der Waals surface area contributed by atoms with Crippen LogP contribution in [0.4, 0.5) is 31.1 Å². The number of benzene rings is 1. The number of carbonyl (C=O) groups excluding carboxylic acids is 2. The van der Waals surface area contributed by atoms with E-state index in [0.717, 1.165) is 11.0 Å². The van der Waals surface area contributed by atoms with E-state index in [9.17, 15) is 31.5 Å². The van der Waals surface area contributed by atoms with Crippen molar-refractivity contribution >= 4 is 23.0 Å². The van der Waals surface area contributed by atoms with Crippen molar-refractivity contribution in [2.24, 2.45) is 5.92 Å². The molecule has 2 aromatic heterocycles. The van der Waals surface area contributed by atoms with Gasteiger partial charge in [-0.25, -0.2) is 27.6 Å². The second kappa shape index (κ2) is 11.1. The number of aromatic nitrogens is 3. The molecule has 42 heavy (non-hydrogen) atoms. The molecule has 1 aromatic carbocycles. The Morgan fingerprint density at radius 3 is 2.57 bits per heavy atom. The fourth-order valence-corrected chi connectivity index (χ4v) is 5.31. The number of carbonyl (C=O) groups is 2. The summed E-state index contributed by atoms with van der Waals surface area (Å²) in [4.78, 5) is 30.6. The SMILES string of the molecule is COCC(c1cc(F)c2oc(C(NC(=O)c3nonc3C)C3CCC(F)(F)CC3)nc2c1)N1CC(C(F)(F)F)NC1=O. The third kappa shape index (κ3) is 5.87. The summed E-state index contributed by atoms with van der Waals surface area (Å²) < 4.78 is 98.4. The summed E-state index contributed by atoms with van der Waals surface area (Å²) in [7, 11) is 1.28. The molecule has 0 radical (unpaired) electrons. The number of halogens is 6. The van der Waals surface area contributed by atoms with Gasteiger partial charge < -0.3 is 24.7 Å². The number of nitrogens with zero attached hydrogens (tertiary/aromatic N) is 4. The number of urea groups is 1. The summed E-state index contributed by atoms with van der Waals surface area (Å²) in [5.74, 6) is -5.27. The summed E-state index contributed by atoms with van der Waals surface area (Å²) in [6, 6.07) is -2.97. The highest BCUT2D eigenvalue weighted by Crippen LogP contribution is 2.42. The number of methoxy groups -OCH3 is 1. The number of fused-ring (bicyclic) bond motifs is 1. The number of hydrogen-bond donors (Lipinski definition) is 2. The van der Waals surface area contributed by atoms with E-state index in [-0.39, 0.29) is 53.4 Å². The van der Waals surface area contributed by atoms with Gasteiger partial charge in [-0.15, -0.1) is 0 Å². The Labute approximate surface area is 233 Å². The van der Waals surface area contributed by atoms with Gasteiger partial charge in [0.15, 0.2) is 17.1 Å². The van der Waals surface area contributed by atoms with Crippen molar-refractivity contribution in [3.05, 3.63) is 40.8 Å². The maximum atomic E-state index is 15.4. The van der Waals surface area contributed by atoms with Crippen LogP contribution >= 0.6 is 0 Å². The lowest BCUT2D eigenvalue weighted by Crippen LogP contribution is -2.40. The Kier molecular flexibility index (Phi) is 7.80. The standard InChI is InChI=1S/C25H26F6N6O5/c1-11-18(36-42-35-11)21(38)34-19(12-3-5-24(27,28)6-4-12)22-32-15-8-13(7-14(26)20(15)41-22)16(10-40-2)37-9-17(25(29,30)31)33-23(37)39/h7-8,12,16-17,19H,3-6,9-10H2,1-2H3,(H,33,39)(H,34,38). The number of amides is 3. The zero-order chi connectivity index (χ0) is 30.4. The maximum absolute atomic E-state index is 15.4. The van der Waals surface area contributed by atoms with Crippen molar-refractivity contribution in [3.8, 4) is 0 Å². The average molecular weight is 605 g/mol. The monoisotopic (exact) mass is 604 g/mol. The molecule has 1 aliphatic heterocycles. The second-order valence-electron chi connectivity index (χ2n) is 10.4. The molecule has 11 nitrogen and oxygen atoms in total. The number of ether oxygens (including phenoxy) is 1. The van der Waals surface area contributed by atoms with Gasteiger partial charge in [0, 0.05) is 20.0 Å². The van der Waals surface area contributed by atoms with E-state index in [1.165, 1.54) is 20.1 Å². The van der Waals surface area contributed by atoms with Crippen LogP contribution in [0.1, 0.15) is 65.4 Å². The second-order valence-corrected chi connectivity index (χ2v) is 10.4. The Balaban J connectivity index is 1.49. The largest absolute Gasteiger partial charge is 0.435 e. The normalized spacial score (nSPS) is 21.0. The molecule has 3 heterocycles. The molecule has 1 saturated carbocycles. The minimum absolute atomic E-state index is 0.000802. The highest BCUT2D eigenvalue weighted by atomic mass is 19.4. The summed E-state index contributed by atoms with van der Waals surface area (Å²) in [5.41, 5.74) is -0.273. The van der Waals surface area contributed by atoms with E-state index in [1.807, 2.05) is 5.32 Å². The average Bonchev–Trinajstić information content (AvgIpc) is 3.64. The van der Waals surface area contributed by atoms with Gasteiger partial charge in [-0.2, -0.15) is 13.2 Å². The van der Waals surface area contributed by atoms with E-state index in [4.69, 9.17) is 9.15 Å². The molecule has 17 heteroatoms. The maximum Gasteiger partial charge on any atom is 0.410 e. The lowest BCUT2D eigenvalue weighted by atomic mass is 9.82. The van der Waals surface area contributed by atoms with Crippen LogP contribution in [0.25, 0.3) is 11.1 Å². The number of hydrogen-bond acceptors (Lipinski definition) is 8. The number of aryl methyl sites for hydroxylation is 1.